The molecule has 0 aromatic heterocycles. The van der Waals surface area contributed by atoms with Gasteiger partial charge in [-0.05, 0) is 89.5 Å². The van der Waals surface area contributed by atoms with E-state index in [0.29, 0.717) is 6.42 Å². The average Bonchev–Trinajstić information content (AvgIpc) is 3.25. The van der Waals surface area contributed by atoms with Crippen LogP contribution in [0.15, 0.2) is 23.8 Å². The Labute approximate surface area is 311 Å². The summed E-state index contributed by atoms with van der Waals surface area (Å²) in [6.07, 6.45) is -3.80. The number of esters is 2. The lowest BCUT2D eigenvalue weighted by atomic mass is 9.38. The van der Waals surface area contributed by atoms with Crippen LogP contribution in [-0.2, 0) is 42.9 Å². The van der Waals surface area contributed by atoms with Crippen LogP contribution in [0.1, 0.15) is 102 Å². The summed E-state index contributed by atoms with van der Waals surface area (Å²) in [5.41, 5.74) is -6.64. The second-order valence-electron chi connectivity index (χ2n) is 18.2. The van der Waals surface area contributed by atoms with Crippen molar-refractivity contribution in [2.45, 2.75) is 156 Å². The lowest BCUT2D eigenvalue weighted by Gasteiger charge is -2.64. The SMILES string of the molecule is CC(=O)O[C@@H]1[C@H](O[C@@H]2C[C@@]3(C)[C@@H]4CC=C5[C@@H](C[C@H](O)C(=O)C5(C)C)[C@]4(C)C(=O)C[C@]3(C)[C@H]2[C@@](C)(O)C(=O)/C=C/C(C)(C)O)O[C@@H](C)[C@H](O)[C@@H]1OC(C)=O. The van der Waals surface area contributed by atoms with Gasteiger partial charge in [-0.15, -0.1) is 0 Å². The zero-order valence-corrected chi connectivity index (χ0v) is 32.8. The predicted octanol–water partition coefficient (Wildman–Crippen LogP) is 2.92. The summed E-state index contributed by atoms with van der Waals surface area (Å²) < 4.78 is 23.8. The number of rotatable bonds is 8. The van der Waals surface area contributed by atoms with E-state index in [9.17, 15) is 44.4 Å². The summed E-state index contributed by atoms with van der Waals surface area (Å²) in [6, 6.07) is 0. The third-order valence-electron chi connectivity index (χ3n) is 13.8. The molecule has 4 fully saturated rings. The smallest absolute Gasteiger partial charge is 0.303 e. The van der Waals surface area contributed by atoms with Crippen molar-refractivity contribution in [3.8, 4) is 0 Å². The highest BCUT2D eigenvalue weighted by Gasteiger charge is 2.75. The van der Waals surface area contributed by atoms with Crippen LogP contribution in [-0.4, -0.2) is 104 Å². The molecule has 13 nitrogen and oxygen atoms in total. The number of Topliss-reactive ketones (excluding diaryl/α,β-unsaturated/α-hetero) is 2. The van der Waals surface area contributed by atoms with Crippen molar-refractivity contribution in [1.29, 1.82) is 0 Å². The molecule has 5 rings (SSSR count). The Balaban J connectivity index is 1.66. The minimum atomic E-state index is -2.18. The fourth-order valence-corrected chi connectivity index (χ4v) is 11.0. The van der Waals surface area contributed by atoms with Gasteiger partial charge in [0.15, 0.2) is 30.1 Å². The van der Waals surface area contributed by atoms with Crippen LogP contribution in [0, 0.1) is 39.4 Å². The van der Waals surface area contributed by atoms with Crippen molar-refractivity contribution in [2.75, 3.05) is 0 Å². The molecule has 0 bridgehead atoms. The Kier molecular flexibility index (Phi) is 10.5. The van der Waals surface area contributed by atoms with Crippen molar-refractivity contribution in [2.24, 2.45) is 39.4 Å². The molecule has 0 aromatic carbocycles. The number of allylic oxidation sites excluding steroid dienone is 2. The van der Waals surface area contributed by atoms with Crippen LogP contribution in [0.5, 0.6) is 0 Å². The molecule has 296 valence electrons. The van der Waals surface area contributed by atoms with Gasteiger partial charge in [-0.2, -0.15) is 0 Å². The Morgan fingerprint density at radius 3 is 2.09 bits per heavy atom. The first kappa shape index (κ1) is 41.4. The zero-order chi connectivity index (χ0) is 40.0. The molecule has 14 atom stereocenters. The van der Waals surface area contributed by atoms with Gasteiger partial charge < -0.3 is 39.4 Å². The molecule has 13 heteroatoms. The largest absolute Gasteiger partial charge is 0.455 e. The molecule has 1 saturated heterocycles. The maximum Gasteiger partial charge on any atom is 0.303 e. The Morgan fingerprint density at radius 1 is 0.943 bits per heavy atom. The molecule has 0 aromatic rings. The van der Waals surface area contributed by atoms with Gasteiger partial charge in [0, 0.05) is 37.0 Å². The van der Waals surface area contributed by atoms with E-state index in [4.69, 9.17) is 18.9 Å². The van der Waals surface area contributed by atoms with Crippen molar-refractivity contribution >= 4 is 29.3 Å². The van der Waals surface area contributed by atoms with Crippen LogP contribution in [0.3, 0.4) is 0 Å². The second-order valence-corrected chi connectivity index (χ2v) is 18.2. The third-order valence-corrected chi connectivity index (χ3v) is 13.8. The molecule has 4 N–H and O–H groups in total. The van der Waals surface area contributed by atoms with Gasteiger partial charge in [-0.3, -0.25) is 24.0 Å². The molecule has 1 heterocycles. The van der Waals surface area contributed by atoms with E-state index in [0.717, 1.165) is 25.5 Å². The number of carbonyl (C=O) groups is 5. The summed E-state index contributed by atoms with van der Waals surface area (Å²) in [7, 11) is 0. The number of ketones is 3. The number of carbonyl (C=O) groups excluding carboxylic acids is 5. The third kappa shape index (κ3) is 6.56. The number of ether oxygens (including phenoxy) is 4. The normalized spacial score (nSPS) is 43.6. The predicted molar refractivity (Wildman–Crippen MR) is 189 cm³/mol. The highest BCUT2D eigenvalue weighted by Crippen LogP contribution is 2.74. The average molecular weight is 747 g/mol. The van der Waals surface area contributed by atoms with Crippen LogP contribution in [0.25, 0.3) is 0 Å². The standard InChI is InChI=1S/C40H58O13/c1-19-29(46)30(51-20(2)41)31(52-21(3)42)34(50-19)53-25-17-37(8)26-13-12-22-23(16-24(43)33(47)36(22,6)7)39(26,10)28(45)18-38(37,9)32(25)40(11,49)27(44)14-15-35(4,5)48/h12,14-15,19,23-26,29-32,34,43,46,48-49H,13,16-18H2,1-11H3/b15-14+/t19-,23+,24-,25+,26-,29-,30-,31-,32-,34-,37-,38+,39-,40-/m0/s1. The Morgan fingerprint density at radius 2 is 1.53 bits per heavy atom. The summed E-state index contributed by atoms with van der Waals surface area (Å²) in [5.74, 6) is -4.53. The molecule has 0 spiro atoms. The Hall–Kier alpha value is -2.81. The van der Waals surface area contributed by atoms with Crippen LogP contribution in [0.2, 0.25) is 0 Å². The van der Waals surface area contributed by atoms with Crippen molar-refractivity contribution < 1.29 is 63.3 Å². The van der Waals surface area contributed by atoms with Crippen molar-refractivity contribution in [1.82, 2.24) is 0 Å². The summed E-state index contributed by atoms with van der Waals surface area (Å²) in [4.78, 5) is 66.6. The lowest BCUT2D eigenvalue weighted by molar-refractivity contribution is -0.314. The summed E-state index contributed by atoms with van der Waals surface area (Å²) in [6.45, 7) is 17.5. The number of hydrogen-bond acceptors (Lipinski definition) is 13. The number of aliphatic hydroxyl groups excluding tert-OH is 2. The lowest BCUT2D eigenvalue weighted by Crippen LogP contribution is -2.65. The van der Waals surface area contributed by atoms with Gasteiger partial charge in [0.1, 0.15) is 23.6 Å². The summed E-state index contributed by atoms with van der Waals surface area (Å²) >= 11 is 0. The first-order valence-corrected chi connectivity index (χ1v) is 18.6. The van der Waals surface area contributed by atoms with E-state index >= 15 is 0 Å². The second kappa shape index (κ2) is 13.4. The molecule has 4 aliphatic carbocycles. The molecule has 0 radical (unpaired) electrons. The van der Waals surface area contributed by atoms with E-state index in [1.807, 2.05) is 26.8 Å². The Bertz CT molecular complexity index is 1600. The zero-order valence-electron chi connectivity index (χ0n) is 32.8. The van der Waals surface area contributed by atoms with Crippen LogP contribution < -0.4 is 0 Å². The van der Waals surface area contributed by atoms with E-state index in [2.05, 4.69) is 0 Å². The summed E-state index contributed by atoms with van der Waals surface area (Å²) in [5, 5.41) is 44.8. The highest BCUT2D eigenvalue weighted by molar-refractivity contribution is 5.98. The van der Waals surface area contributed by atoms with Crippen molar-refractivity contribution in [3.05, 3.63) is 23.8 Å². The van der Waals surface area contributed by atoms with Crippen molar-refractivity contribution in [3.63, 3.8) is 0 Å². The van der Waals surface area contributed by atoms with Crippen LogP contribution >= 0.6 is 0 Å². The quantitative estimate of drug-likeness (QED) is 0.161. The van der Waals surface area contributed by atoms with E-state index in [-0.39, 0.29) is 36.7 Å². The molecular formula is C40H58O13. The topological polar surface area (TPSA) is 203 Å². The van der Waals surface area contributed by atoms with E-state index in [1.165, 1.54) is 33.8 Å². The van der Waals surface area contributed by atoms with Gasteiger partial charge in [0.05, 0.1) is 17.8 Å². The minimum absolute atomic E-state index is 0.0714. The highest BCUT2D eigenvalue weighted by atomic mass is 16.7. The molecule has 5 aliphatic rings. The van der Waals surface area contributed by atoms with Gasteiger partial charge in [0.2, 0.25) is 0 Å². The fraction of sp³-hybridized carbons (Fsp3) is 0.775. The first-order valence-electron chi connectivity index (χ1n) is 18.6. The number of fused-ring (bicyclic) bond motifs is 5. The molecule has 53 heavy (non-hydrogen) atoms. The van der Waals surface area contributed by atoms with Gasteiger partial charge in [-0.1, -0.05) is 38.5 Å². The van der Waals surface area contributed by atoms with Crippen LogP contribution in [0.4, 0.5) is 0 Å². The maximum atomic E-state index is 14.9. The molecule has 0 unspecified atom stereocenters. The van der Waals surface area contributed by atoms with Gasteiger partial charge in [-0.25, -0.2) is 0 Å². The van der Waals surface area contributed by atoms with Gasteiger partial charge in [0.25, 0.3) is 0 Å². The van der Waals surface area contributed by atoms with Gasteiger partial charge >= 0.3 is 11.9 Å². The maximum absolute atomic E-state index is 14.9. The fourth-order valence-electron chi connectivity index (χ4n) is 11.0. The minimum Gasteiger partial charge on any atom is -0.455 e. The number of hydrogen-bond donors (Lipinski definition) is 4. The van der Waals surface area contributed by atoms with E-state index < -0.39 is 105 Å². The molecule has 0 amide bonds. The monoisotopic (exact) mass is 746 g/mol. The number of aliphatic hydroxyl groups is 4. The molecular weight excluding hydrogens is 688 g/mol. The first-order chi connectivity index (χ1) is 24.1. The van der Waals surface area contributed by atoms with E-state index in [1.54, 1.807) is 13.8 Å². The molecule has 1 aliphatic heterocycles. The molecule has 3 saturated carbocycles.